The Morgan fingerprint density at radius 2 is 1.94 bits per heavy atom. The molecule has 0 radical (unpaired) electrons. The van der Waals surface area contributed by atoms with Crippen molar-refractivity contribution >= 4 is 16.0 Å². The number of carboxylic acid groups (broad SMARTS) is 1. The Bertz CT molecular complexity index is 375. The summed E-state index contributed by atoms with van der Waals surface area (Å²) < 4.78 is 25.0. The van der Waals surface area contributed by atoms with Gasteiger partial charge in [-0.25, -0.2) is 12.7 Å². The third-order valence-corrected chi connectivity index (χ3v) is 5.22. The number of carboxylic acids is 1. The number of carbonyl (C=O) groups is 1. The van der Waals surface area contributed by atoms with E-state index in [1.54, 1.807) is 0 Å². The molecular weight excluding hydrogens is 256 g/mol. The van der Waals surface area contributed by atoms with Crippen LogP contribution < -0.4 is 0 Å². The number of hydrogen-bond acceptors (Lipinski definition) is 4. The van der Waals surface area contributed by atoms with E-state index in [0.717, 1.165) is 25.9 Å². The van der Waals surface area contributed by atoms with Gasteiger partial charge in [-0.15, -0.1) is 0 Å². The molecule has 0 spiro atoms. The number of nitrogens with zero attached hydrogens (tertiary/aromatic N) is 2. The summed E-state index contributed by atoms with van der Waals surface area (Å²) >= 11 is 0. The molecule has 0 atom stereocenters. The average Bonchev–Trinajstić information content (AvgIpc) is 2.29. The molecule has 1 heterocycles. The lowest BCUT2D eigenvalue weighted by atomic mass is 9.97. The second-order valence-electron chi connectivity index (χ2n) is 4.99. The molecule has 0 amide bonds. The summed E-state index contributed by atoms with van der Waals surface area (Å²) in [6.45, 7) is 2.48. The largest absolute Gasteiger partial charge is 0.481 e. The highest BCUT2D eigenvalue weighted by atomic mass is 32.2. The molecule has 1 aliphatic heterocycles. The first kappa shape index (κ1) is 15.4. The molecule has 106 valence electrons. The van der Waals surface area contributed by atoms with Gasteiger partial charge in [0, 0.05) is 13.6 Å². The highest BCUT2D eigenvalue weighted by Gasteiger charge is 2.24. The Hall–Kier alpha value is -0.660. The van der Waals surface area contributed by atoms with Crippen LogP contribution in [0.5, 0.6) is 0 Å². The van der Waals surface area contributed by atoms with Crippen LogP contribution in [0.1, 0.15) is 19.3 Å². The SMILES string of the molecule is CN1CCC(CN(C)S(=O)(=O)CCC(=O)O)CC1. The van der Waals surface area contributed by atoms with Gasteiger partial charge in [-0.1, -0.05) is 0 Å². The van der Waals surface area contributed by atoms with Crippen molar-refractivity contribution in [3.8, 4) is 0 Å². The molecule has 0 aromatic heterocycles. The third-order valence-electron chi connectivity index (χ3n) is 3.40. The van der Waals surface area contributed by atoms with Gasteiger partial charge in [0.1, 0.15) is 0 Å². The lowest BCUT2D eigenvalue weighted by molar-refractivity contribution is -0.136. The second kappa shape index (κ2) is 6.49. The van der Waals surface area contributed by atoms with Gasteiger partial charge in [-0.05, 0) is 38.9 Å². The highest BCUT2D eigenvalue weighted by molar-refractivity contribution is 7.89. The third kappa shape index (κ3) is 4.91. The van der Waals surface area contributed by atoms with Gasteiger partial charge >= 0.3 is 5.97 Å². The lowest BCUT2D eigenvalue weighted by Crippen LogP contribution is -2.38. The molecule has 6 nitrogen and oxygen atoms in total. The summed E-state index contributed by atoms with van der Waals surface area (Å²) in [5.74, 6) is -1.01. The first-order chi connectivity index (χ1) is 8.31. The van der Waals surface area contributed by atoms with Gasteiger partial charge in [0.15, 0.2) is 0 Å². The molecule has 0 unspecified atom stereocenters. The maximum atomic E-state index is 11.8. The number of hydrogen-bond donors (Lipinski definition) is 1. The fraction of sp³-hybridized carbons (Fsp3) is 0.909. The zero-order chi connectivity index (χ0) is 13.8. The Morgan fingerprint density at radius 1 is 1.39 bits per heavy atom. The van der Waals surface area contributed by atoms with Crippen LogP contribution in [0.25, 0.3) is 0 Å². The van der Waals surface area contributed by atoms with Crippen LogP contribution >= 0.6 is 0 Å². The second-order valence-corrected chi connectivity index (χ2v) is 7.18. The first-order valence-electron chi connectivity index (χ1n) is 6.15. The zero-order valence-corrected chi connectivity index (χ0v) is 11.8. The normalized spacial score (nSPS) is 19.3. The predicted molar refractivity (Wildman–Crippen MR) is 68.9 cm³/mol. The number of aliphatic carboxylic acids is 1. The highest BCUT2D eigenvalue weighted by Crippen LogP contribution is 2.18. The maximum Gasteiger partial charge on any atom is 0.304 e. The van der Waals surface area contributed by atoms with E-state index >= 15 is 0 Å². The van der Waals surface area contributed by atoms with Crippen molar-refractivity contribution in [2.45, 2.75) is 19.3 Å². The molecule has 0 aromatic carbocycles. The van der Waals surface area contributed by atoms with E-state index in [-0.39, 0.29) is 12.2 Å². The van der Waals surface area contributed by atoms with E-state index in [0.29, 0.717) is 12.5 Å². The van der Waals surface area contributed by atoms with Gasteiger partial charge in [0.05, 0.1) is 12.2 Å². The molecule has 1 N–H and O–H groups in total. The fourth-order valence-electron chi connectivity index (χ4n) is 2.09. The Morgan fingerprint density at radius 3 is 2.44 bits per heavy atom. The Balaban J connectivity index is 2.43. The molecule has 1 fully saturated rings. The van der Waals surface area contributed by atoms with Crippen molar-refractivity contribution < 1.29 is 18.3 Å². The van der Waals surface area contributed by atoms with Crippen molar-refractivity contribution in [3.63, 3.8) is 0 Å². The van der Waals surface area contributed by atoms with Crippen LogP contribution in [0, 0.1) is 5.92 Å². The van der Waals surface area contributed by atoms with Crippen LogP contribution in [0.2, 0.25) is 0 Å². The van der Waals surface area contributed by atoms with E-state index in [1.165, 1.54) is 11.4 Å². The maximum absolute atomic E-state index is 11.8. The summed E-state index contributed by atoms with van der Waals surface area (Å²) in [6.07, 6.45) is 1.66. The standard InChI is InChI=1S/C11H22N2O4S/c1-12-6-3-10(4-7-12)9-13(2)18(16,17)8-5-11(14)15/h10H,3-9H2,1-2H3,(H,14,15). The van der Waals surface area contributed by atoms with Gasteiger partial charge in [0.2, 0.25) is 10.0 Å². The molecule has 0 saturated carbocycles. The molecular formula is C11H22N2O4S. The summed E-state index contributed by atoms with van der Waals surface area (Å²) in [4.78, 5) is 12.6. The average molecular weight is 278 g/mol. The quantitative estimate of drug-likeness (QED) is 0.743. The van der Waals surface area contributed by atoms with Crippen molar-refractivity contribution in [1.82, 2.24) is 9.21 Å². The van der Waals surface area contributed by atoms with Crippen LogP contribution in [0.4, 0.5) is 0 Å². The zero-order valence-electron chi connectivity index (χ0n) is 11.0. The minimum Gasteiger partial charge on any atom is -0.481 e. The summed E-state index contributed by atoms with van der Waals surface area (Å²) in [6, 6.07) is 0. The minimum atomic E-state index is -3.43. The van der Waals surface area contributed by atoms with Gasteiger partial charge < -0.3 is 10.0 Å². The molecule has 18 heavy (non-hydrogen) atoms. The van der Waals surface area contributed by atoms with E-state index in [9.17, 15) is 13.2 Å². The van der Waals surface area contributed by atoms with Gasteiger partial charge in [0.25, 0.3) is 0 Å². The number of rotatable bonds is 6. The van der Waals surface area contributed by atoms with Crippen molar-refractivity contribution in [1.29, 1.82) is 0 Å². The van der Waals surface area contributed by atoms with Crippen molar-refractivity contribution in [2.24, 2.45) is 5.92 Å². The van der Waals surface area contributed by atoms with Gasteiger partial charge in [-0.2, -0.15) is 0 Å². The van der Waals surface area contributed by atoms with E-state index < -0.39 is 16.0 Å². The monoisotopic (exact) mass is 278 g/mol. The van der Waals surface area contributed by atoms with Crippen LogP contribution in [-0.4, -0.2) is 68.2 Å². The van der Waals surface area contributed by atoms with Gasteiger partial charge in [-0.3, -0.25) is 4.79 Å². The molecule has 1 saturated heterocycles. The minimum absolute atomic E-state index is 0.314. The van der Waals surface area contributed by atoms with Crippen LogP contribution in [0.3, 0.4) is 0 Å². The predicted octanol–water partition coefficient (Wildman–Crippen LogP) is 0.0645. The summed E-state index contributed by atoms with van der Waals surface area (Å²) in [5.41, 5.74) is 0. The van der Waals surface area contributed by atoms with E-state index in [4.69, 9.17) is 5.11 Å². The smallest absolute Gasteiger partial charge is 0.304 e. The number of sulfonamides is 1. The summed E-state index contributed by atoms with van der Waals surface area (Å²) in [7, 11) is 0.167. The number of piperidine rings is 1. The summed E-state index contributed by atoms with van der Waals surface area (Å²) in [5, 5.41) is 8.52. The molecule has 0 aliphatic carbocycles. The van der Waals surface area contributed by atoms with E-state index in [1.807, 2.05) is 0 Å². The number of likely N-dealkylation sites (tertiary alicyclic amines) is 1. The molecule has 1 aliphatic rings. The molecule has 1 rings (SSSR count). The molecule has 7 heteroatoms. The Kier molecular flexibility index (Phi) is 5.55. The lowest BCUT2D eigenvalue weighted by Gasteiger charge is -2.31. The molecule has 0 aromatic rings. The first-order valence-corrected chi connectivity index (χ1v) is 7.76. The fourth-order valence-corrected chi connectivity index (χ4v) is 3.28. The topological polar surface area (TPSA) is 77.9 Å². The van der Waals surface area contributed by atoms with E-state index in [2.05, 4.69) is 11.9 Å². The van der Waals surface area contributed by atoms with Crippen LogP contribution in [0.15, 0.2) is 0 Å². The van der Waals surface area contributed by atoms with Crippen LogP contribution in [-0.2, 0) is 14.8 Å². The molecule has 0 bridgehead atoms. The van der Waals surface area contributed by atoms with Crippen molar-refractivity contribution in [2.75, 3.05) is 39.5 Å². The van der Waals surface area contributed by atoms with Crippen molar-refractivity contribution in [3.05, 3.63) is 0 Å². The Labute approximate surface area is 109 Å².